The Labute approximate surface area is 135 Å². The molecule has 0 spiro atoms. The molecule has 0 unspecified atom stereocenters. The molecule has 0 aromatic carbocycles. The van der Waals surface area contributed by atoms with Crippen molar-refractivity contribution in [3.63, 3.8) is 0 Å². The van der Waals surface area contributed by atoms with Gasteiger partial charge in [0.2, 0.25) is 5.95 Å². The van der Waals surface area contributed by atoms with Crippen LogP contribution in [0.1, 0.15) is 56.7 Å². The molecule has 1 aliphatic rings. The molecule has 0 radical (unpaired) electrons. The zero-order valence-electron chi connectivity index (χ0n) is 12.9. The molecule has 1 saturated carbocycles. The van der Waals surface area contributed by atoms with Gasteiger partial charge in [0.25, 0.3) is 0 Å². The monoisotopic (exact) mass is 323 g/mol. The predicted molar refractivity (Wildman–Crippen MR) is 91.8 cm³/mol. The standard InChI is InChI=1S/C16H22ClN3S/c1-10(2)13-9-12-14(17)18-16(19-15(12)21-13)20(3)11-7-5-4-6-8-11/h9-11H,4-8H2,1-3H3. The summed E-state index contributed by atoms with van der Waals surface area (Å²) in [5, 5.41) is 1.58. The van der Waals surface area contributed by atoms with Crippen LogP contribution in [0.15, 0.2) is 6.07 Å². The van der Waals surface area contributed by atoms with Crippen LogP contribution in [0.2, 0.25) is 5.15 Å². The van der Waals surface area contributed by atoms with Crippen molar-refractivity contribution in [3.8, 4) is 0 Å². The second-order valence-corrected chi connectivity index (χ2v) is 7.66. The average molecular weight is 324 g/mol. The molecule has 0 N–H and O–H groups in total. The molecule has 114 valence electrons. The Morgan fingerprint density at radius 1 is 1.24 bits per heavy atom. The van der Waals surface area contributed by atoms with Crippen molar-refractivity contribution in [2.45, 2.75) is 57.9 Å². The Hall–Kier alpha value is -0.870. The van der Waals surface area contributed by atoms with Gasteiger partial charge in [0.15, 0.2) is 0 Å². The van der Waals surface area contributed by atoms with E-state index in [0.717, 1.165) is 16.2 Å². The summed E-state index contributed by atoms with van der Waals surface area (Å²) in [6.07, 6.45) is 6.44. The second-order valence-electron chi connectivity index (χ2n) is 6.24. The van der Waals surface area contributed by atoms with E-state index < -0.39 is 0 Å². The van der Waals surface area contributed by atoms with Crippen LogP contribution in [0.25, 0.3) is 10.2 Å². The van der Waals surface area contributed by atoms with Gasteiger partial charge >= 0.3 is 0 Å². The van der Waals surface area contributed by atoms with Crippen molar-refractivity contribution >= 4 is 39.1 Å². The number of anilines is 1. The highest BCUT2D eigenvalue weighted by Crippen LogP contribution is 2.34. The minimum Gasteiger partial charge on any atom is -0.341 e. The molecule has 5 heteroatoms. The lowest BCUT2D eigenvalue weighted by Crippen LogP contribution is -2.34. The molecule has 0 aliphatic heterocycles. The van der Waals surface area contributed by atoms with Gasteiger partial charge in [-0.25, -0.2) is 9.97 Å². The molecule has 1 fully saturated rings. The van der Waals surface area contributed by atoms with Gasteiger partial charge in [0, 0.05) is 23.4 Å². The molecular formula is C16H22ClN3S. The van der Waals surface area contributed by atoms with E-state index in [1.807, 2.05) is 0 Å². The van der Waals surface area contributed by atoms with E-state index in [-0.39, 0.29) is 0 Å². The summed E-state index contributed by atoms with van der Waals surface area (Å²) in [5.74, 6) is 1.27. The number of halogens is 1. The molecule has 0 bridgehead atoms. The van der Waals surface area contributed by atoms with Crippen LogP contribution >= 0.6 is 22.9 Å². The van der Waals surface area contributed by atoms with Crippen molar-refractivity contribution in [3.05, 3.63) is 16.1 Å². The summed E-state index contributed by atoms with van der Waals surface area (Å²) in [4.78, 5) is 13.8. The number of hydrogen-bond donors (Lipinski definition) is 0. The first-order valence-corrected chi connectivity index (χ1v) is 8.95. The fourth-order valence-corrected chi connectivity index (χ4v) is 4.27. The highest BCUT2D eigenvalue weighted by molar-refractivity contribution is 7.18. The lowest BCUT2D eigenvalue weighted by molar-refractivity contribution is 0.424. The lowest BCUT2D eigenvalue weighted by Gasteiger charge is -2.31. The molecule has 1 aliphatic carbocycles. The molecule has 2 aromatic heterocycles. The second kappa shape index (κ2) is 6.09. The van der Waals surface area contributed by atoms with Crippen molar-refractivity contribution in [2.75, 3.05) is 11.9 Å². The van der Waals surface area contributed by atoms with E-state index in [0.29, 0.717) is 17.1 Å². The molecule has 0 saturated heterocycles. The molecular weight excluding hydrogens is 302 g/mol. The smallest absolute Gasteiger partial charge is 0.228 e. The Morgan fingerprint density at radius 2 is 1.95 bits per heavy atom. The molecule has 21 heavy (non-hydrogen) atoms. The summed E-state index contributed by atoms with van der Waals surface area (Å²) in [6, 6.07) is 2.69. The van der Waals surface area contributed by atoms with Crippen LogP contribution in [-0.4, -0.2) is 23.1 Å². The fraction of sp³-hybridized carbons (Fsp3) is 0.625. The summed E-state index contributed by atoms with van der Waals surface area (Å²) >= 11 is 8.13. The largest absolute Gasteiger partial charge is 0.341 e. The van der Waals surface area contributed by atoms with E-state index in [1.165, 1.54) is 37.0 Å². The van der Waals surface area contributed by atoms with E-state index in [4.69, 9.17) is 16.6 Å². The molecule has 3 nitrogen and oxygen atoms in total. The Bertz CT molecular complexity index is 632. The number of nitrogens with zero attached hydrogens (tertiary/aromatic N) is 3. The van der Waals surface area contributed by atoms with Crippen LogP contribution in [0.4, 0.5) is 5.95 Å². The molecule has 0 atom stereocenters. The highest BCUT2D eigenvalue weighted by atomic mass is 35.5. The van der Waals surface area contributed by atoms with Crippen LogP contribution in [0.3, 0.4) is 0 Å². The normalized spacial score (nSPS) is 16.8. The maximum Gasteiger partial charge on any atom is 0.228 e. The molecule has 3 rings (SSSR count). The van der Waals surface area contributed by atoms with Gasteiger partial charge in [-0.3, -0.25) is 0 Å². The number of fused-ring (bicyclic) bond motifs is 1. The number of aromatic nitrogens is 2. The predicted octanol–water partition coefficient (Wildman–Crippen LogP) is 5.24. The van der Waals surface area contributed by atoms with Gasteiger partial charge in [-0.2, -0.15) is 0 Å². The quantitative estimate of drug-likeness (QED) is 0.723. The molecule has 2 heterocycles. The van der Waals surface area contributed by atoms with Gasteiger partial charge in [-0.1, -0.05) is 44.7 Å². The van der Waals surface area contributed by atoms with Gasteiger partial charge in [0.05, 0.1) is 0 Å². The fourth-order valence-electron chi connectivity index (χ4n) is 2.97. The first-order valence-electron chi connectivity index (χ1n) is 7.76. The third-order valence-electron chi connectivity index (χ3n) is 4.36. The zero-order valence-corrected chi connectivity index (χ0v) is 14.5. The first-order chi connectivity index (χ1) is 10.1. The highest BCUT2D eigenvalue weighted by Gasteiger charge is 2.21. The van der Waals surface area contributed by atoms with E-state index in [2.05, 4.69) is 36.8 Å². The number of thiophene rings is 1. The van der Waals surface area contributed by atoms with E-state index in [9.17, 15) is 0 Å². The number of rotatable bonds is 3. The zero-order chi connectivity index (χ0) is 15.0. The third-order valence-corrected chi connectivity index (χ3v) is 5.98. The number of hydrogen-bond acceptors (Lipinski definition) is 4. The molecule has 0 amide bonds. The van der Waals surface area contributed by atoms with E-state index in [1.54, 1.807) is 11.3 Å². The SMILES string of the molecule is CC(C)c1cc2c(Cl)nc(N(C)C3CCCCC3)nc2s1. The van der Waals surface area contributed by atoms with Crippen molar-refractivity contribution < 1.29 is 0 Å². The Balaban J connectivity index is 1.95. The van der Waals surface area contributed by atoms with Crippen LogP contribution < -0.4 is 4.90 Å². The summed E-state index contributed by atoms with van der Waals surface area (Å²) < 4.78 is 0. The van der Waals surface area contributed by atoms with Gasteiger partial charge in [0.1, 0.15) is 9.98 Å². The first kappa shape index (κ1) is 15.0. The van der Waals surface area contributed by atoms with Crippen molar-refractivity contribution in [1.82, 2.24) is 9.97 Å². The third kappa shape index (κ3) is 3.02. The van der Waals surface area contributed by atoms with Gasteiger partial charge in [-0.15, -0.1) is 11.3 Å². The van der Waals surface area contributed by atoms with Crippen molar-refractivity contribution in [2.24, 2.45) is 0 Å². The summed E-state index contributed by atoms with van der Waals surface area (Å²) in [6.45, 7) is 4.39. The van der Waals surface area contributed by atoms with Crippen LogP contribution in [-0.2, 0) is 0 Å². The van der Waals surface area contributed by atoms with E-state index >= 15 is 0 Å². The molecule has 2 aromatic rings. The summed E-state index contributed by atoms with van der Waals surface area (Å²) in [7, 11) is 2.10. The minimum atomic E-state index is 0.500. The Morgan fingerprint density at radius 3 is 2.62 bits per heavy atom. The van der Waals surface area contributed by atoms with Gasteiger partial charge in [-0.05, 0) is 24.8 Å². The maximum absolute atomic E-state index is 6.39. The van der Waals surface area contributed by atoms with Crippen LogP contribution in [0, 0.1) is 0 Å². The van der Waals surface area contributed by atoms with Crippen molar-refractivity contribution in [1.29, 1.82) is 0 Å². The minimum absolute atomic E-state index is 0.500. The topological polar surface area (TPSA) is 29.0 Å². The maximum atomic E-state index is 6.39. The average Bonchev–Trinajstić information content (AvgIpc) is 2.92. The van der Waals surface area contributed by atoms with Crippen LogP contribution in [0.5, 0.6) is 0 Å². The summed E-state index contributed by atoms with van der Waals surface area (Å²) in [5.41, 5.74) is 0. The Kier molecular flexibility index (Phi) is 4.36. The van der Waals surface area contributed by atoms with Gasteiger partial charge < -0.3 is 4.90 Å². The lowest BCUT2D eigenvalue weighted by atomic mass is 9.95.